The Kier molecular flexibility index (Phi) is 3.01. The molecule has 1 aliphatic carbocycles. The Hall–Kier alpha value is -0.740. The van der Waals surface area contributed by atoms with Crippen molar-refractivity contribution in [2.75, 3.05) is 17.7 Å². The van der Waals surface area contributed by atoms with E-state index in [1.807, 2.05) is 18.2 Å². The summed E-state index contributed by atoms with van der Waals surface area (Å²) in [5.74, 6) is 0.770. The van der Waals surface area contributed by atoms with Gasteiger partial charge in [0.2, 0.25) is 0 Å². The molecule has 1 aromatic carbocycles. The van der Waals surface area contributed by atoms with Gasteiger partial charge >= 0.3 is 0 Å². The lowest BCUT2D eigenvalue weighted by Gasteiger charge is -2.21. The van der Waals surface area contributed by atoms with E-state index in [1.165, 1.54) is 12.8 Å². The van der Waals surface area contributed by atoms with Gasteiger partial charge in [0.25, 0.3) is 0 Å². The molecule has 0 aromatic heterocycles. The smallest absolute Gasteiger partial charge is 0.0804 e. The number of nitrogen functional groups attached to an aromatic ring is 1. The summed E-state index contributed by atoms with van der Waals surface area (Å²) in [4.78, 5) is 0. The van der Waals surface area contributed by atoms with Crippen LogP contribution in [0.4, 0.5) is 11.4 Å². The van der Waals surface area contributed by atoms with Gasteiger partial charge in [-0.15, -0.1) is 0 Å². The van der Waals surface area contributed by atoms with E-state index in [0.717, 1.165) is 34.8 Å². The molecule has 3 nitrogen and oxygen atoms in total. The van der Waals surface area contributed by atoms with Crippen molar-refractivity contribution >= 4 is 27.3 Å². The minimum Gasteiger partial charge on any atom is -0.397 e. The van der Waals surface area contributed by atoms with Crippen molar-refractivity contribution in [3.63, 3.8) is 0 Å². The first-order valence-electron chi connectivity index (χ1n) is 6.17. The summed E-state index contributed by atoms with van der Waals surface area (Å²) >= 11 is 3.42. The monoisotopic (exact) mass is 296 g/mol. The van der Waals surface area contributed by atoms with Crippen LogP contribution in [0.15, 0.2) is 22.7 Å². The maximum Gasteiger partial charge on any atom is 0.0804 e. The Morgan fingerprint density at radius 1 is 1.29 bits per heavy atom. The van der Waals surface area contributed by atoms with Crippen LogP contribution in [-0.2, 0) is 4.74 Å². The predicted octanol–water partition coefficient (Wildman–Crippen LogP) is 3.01. The van der Waals surface area contributed by atoms with Crippen molar-refractivity contribution in [2.45, 2.75) is 31.4 Å². The van der Waals surface area contributed by atoms with Gasteiger partial charge in [-0.1, -0.05) is 15.9 Å². The standard InChI is InChI=1S/C13H17BrN2O/c14-9-3-4-11(10(15)7-9)16-12-5-6-17-13(12)8-1-2-8/h3-4,7-8,12-13,16H,1-2,5-6,15H2. The zero-order valence-electron chi connectivity index (χ0n) is 9.66. The molecule has 0 bridgehead atoms. The number of hydrogen-bond donors (Lipinski definition) is 2. The molecule has 2 aliphatic rings. The Morgan fingerprint density at radius 2 is 2.12 bits per heavy atom. The first kappa shape index (κ1) is 11.4. The normalized spacial score (nSPS) is 28.3. The van der Waals surface area contributed by atoms with E-state index in [0.29, 0.717) is 12.1 Å². The van der Waals surface area contributed by atoms with Crippen molar-refractivity contribution in [2.24, 2.45) is 5.92 Å². The molecule has 0 spiro atoms. The Balaban J connectivity index is 1.72. The zero-order chi connectivity index (χ0) is 11.8. The molecule has 3 rings (SSSR count). The molecular formula is C13H17BrN2O. The summed E-state index contributed by atoms with van der Waals surface area (Å²) in [6.07, 6.45) is 4.10. The number of halogens is 1. The lowest BCUT2D eigenvalue weighted by molar-refractivity contribution is 0.0898. The summed E-state index contributed by atoms with van der Waals surface area (Å²) in [6, 6.07) is 6.40. The van der Waals surface area contributed by atoms with E-state index >= 15 is 0 Å². The lowest BCUT2D eigenvalue weighted by atomic mass is 10.1. The van der Waals surface area contributed by atoms with Crippen LogP contribution in [0.3, 0.4) is 0 Å². The number of benzene rings is 1. The Bertz CT molecular complexity index is 420. The second kappa shape index (κ2) is 4.50. The highest BCUT2D eigenvalue weighted by Crippen LogP contribution is 2.40. The van der Waals surface area contributed by atoms with Gasteiger partial charge in [0.15, 0.2) is 0 Å². The average molecular weight is 297 g/mol. The number of nitrogens with one attached hydrogen (secondary N) is 1. The molecule has 1 saturated heterocycles. The summed E-state index contributed by atoms with van der Waals surface area (Å²) in [7, 11) is 0. The Morgan fingerprint density at radius 3 is 2.82 bits per heavy atom. The molecule has 2 unspecified atom stereocenters. The third kappa shape index (κ3) is 2.43. The fourth-order valence-corrected chi connectivity index (χ4v) is 2.90. The quantitative estimate of drug-likeness (QED) is 0.843. The van der Waals surface area contributed by atoms with Crippen LogP contribution < -0.4 is 11.1 Å². The first-order valence-corrected chi connectivity index (χ1v) is 6.96. The highest BCUT2D eigenvalue weighted by atomic mass is 79.9. The minimum atomic E-state index is 0.387. The molecule has 3 N–H and O–H groups in total. The van der Waals surface area contributed by atoms with Crippen LogP contribution in [0, 0.1) is 5.92 Å². The lowest BCUT2D eigenvalue weighted by Crippen LogP contribution is -2.31. The second-order valence-electron chi connectivity index (χ2n) is 4.94. The van der Waals surface area contributed by atoms with Crippen LogP contribution >= 0.6 is 15.9 Å². The molecule has 0 radical (unpaired) electrons. The van der Waals surface area contributed by atoms with E-state index in [1.54, 1.807) is 0 Å². The van der Waals surface area contributed by atoms with E-state index in [9.17, 15) is 0 Å². The highest BCUT2D eigenvalue weighted by Gasteiger charge is 2.40. The van der Waals surface area contributed by atoms with Crippen LogP contribution in [0.25, 0.3) is 0 Å². The molecule has 1 saturated carbocycles. The first-order chi connectivity index (χ1) is 8.24. The highest BCUT2D eigenvalue weighted by molar-refractivity contribution is 9.10. The molecule has 17 heavy (non-hydrogen) atoms. The van der Waals surface area contributed by atoms with Crippen molar-refractivity contribution in [1.82, 2.24) is 0 Å². The maximum absolute atomic E-state index is 6.00. The molecule has 2 fully saturated rings. The van der Waals surface area contributed by atoms with E-state index < -0.39 is 0 Å². The van der Waals surface area contributed by atoms with Gasteiger partial charge in [0.05, 0.1) is 23.5 Å². The second-order valence-corrected chi connectivity index (χ2v) is 5.86. The van der Waals surface area contributed by atoms with Crippen molar-refractivity contribution < 1.29 is 4.74 Å². The average Bonchev–Trinajstić information content (AvgIpc) is 3.03. The van der Waals surface area contributed by atoms with Gasteiger partial charge < -0.3 is 15.8 Å². The van der Waals surface area contributed by atoms with Crippen LogP contribution in [0.2, 0.25) is 0 Å². The predicted molar refractivity (Wildman–Crippen MR) is 73.0 cm³/mol. The molecule has 1 aromatic rings. The summed E-state index contributed by atoms with van der Waals surface area (Å²) in [5.41, 5.74) is 7.82. The van der Waals surface area contributed by atoms with E-state index in [2.05, 4.69) is 21.2 Å². The molecule has 1 heterocycles. The third-order valence-corrected chi connectivity index (χ3v) is 4.07. The number of nitrogens with two attached hydrogens (primary N) is 1. The number of anilines is 2. The molecule has 1 aliphatic heterocycles. The van der Waals surface area contributed by atoms with E-state index in [-0.39, 0.29) is 0 Å². The summed E-state index contributed by atoms with van der Waals surface area (Å²) in [5, 5.41) is 3.54. The molecule has 4 heteroatoms. The molecule has 2 atom stereocenters. The van der Waals surface area contributed by atoms with Gasteiger partial charge in [-0.2, -0.15) is 0 Å². The largest absolute Gasteiger partial charge is 0.397 e. The van der Waals surface area contributed by atoms with Gasteiger partial charge in [-0.3, -0.25) is 0 Å². The minimum absolute atomic E-state index is 0.387. The molecular weight excluding hydrogens is 280 g/mol. The maximum atomic E-state index is 6.00. The van der Waals surface area contributed by atoms with Crippen LogP contribution in [0.5, 0.6) is 0 Å². The number of rotatable bonds is 3. The SMILES string of the molecule is Nc1cc(Br)ccc1NC1CCOC1C1CC1. The topological polar surface area (TPSA) is 47.3 Å². The van der Waals surface area contributed by atoms with Gasteiger partial charge in [-0.25, -0.2) is 0 Å². The van der Waals surface area contributed by atoms with Gasteiger partial charge in [0, 0.05) is 11.1 Å². The molecule has 92 valence electrons. The summed E-state index contributed by atoms with van der Waals surface area (Å²) < 4.78 is 6.83. The summed E-state index contributed by atoms with van der Waals surface area (Å²) in [6.45, 7) is 0.870. The van der Waals surface area contributed by atoms with E-state index in [4.69, 9.17) is 10.5 Å². The zero-order valence-corrected chi connectivity index (χ0v) is 11.2. The van der Waals surface area contributed by atoms with Crippen molar-refractivity contribution in [1.29, 1.82) is 0 Å². The van der Waals surface area contributed by atoms with Crippen molar-refractivity contribution in [3.8, 4) is 0 Å². The van der Waals surface area contributed by atoms with Gasteiger partial charge in [-0.05, 0) is 43.4 Å². The fraction of sp³-hybridized carbons (Fsp3) is 0.538. The van der Waals surface area contributed by atoms with Gasteiger partial charge in [0.1, 0.15) is 0 Å². The number of ether oxygens (including phenoxy) is 1. The van der Waals surface area contributed by atoms with Crippen molar-refractivity contribution in [3.05, 3.63) is 22.7 Å². The van der Waals surface area contributed by atoms with Crippen LogP contribution in [-0.4, -0.2) is 18.8 Å². The Labute approximate surface area is 110 Å². The fourth-order valence-electron chi connectivity index (χ4n) is 2.52. The van der Waals surface area contributed by atoms with Crippen LogP contribution in [0.1, 0.15) is 19.3 Å². The third-order valence-electron chi connectivity index (χ3n) is 3.58. The number of hydrogen-bond acceptors (Lipinski definition) is 3. The molecule has 0 amide bonds.